The lowest BCUT2D eigenvalue weighted by molar-refractivity contribution is -0.152. The van der Waals surface area contributed by atoms with E-state index in [9.17, 15) is 9.59 Å². The zero-order valence-electron chi connectivity index (χ0n) is 15.7. The number of methoxy groups -OCH3 is 1. The average molecular weight is 394 g/mol. The van der Waals surface area contributed by atoms with Crippen LogP contribution in [-0.4, -0.2) is 50.1 Å². The number of nitrogens with two attached hydrogens (primary N) is 2. The number of hydrogen-bond acceptors (Lipinski definition) is 5. The van der Waals surface area contributed by atoms with Crippen molar-refractivity contribution in [2.24, 2.45) is 34.6 Å². The molecular weight excluding hydrogens is 366 g/mol. The molecule has 1 heterocycles. The number of halogens is 1. The number of benzene rings is 1. The van der Waals surface area contributed by atoms with E-state index < -0.39 is 5.41 Å². The van der Waals surface area contributed by atoms with Gasteiger partial charge in [0.25, 0.3) is 0 Å². The minimum Gasteiger partial charge on any atom is -0.469 e. The first-order valence-electron chi connectivity index (χ1n) is 9.44. The maximum atomic E-state index is 13.0. The smallest absolute Gasteiger partial charge is 0.313 e. The van der Waals surface area contributed by atoms with Crippen LogP contribution in [0.1, 0.15) is 18.4 Å². The van der Waals surface area contributed by atoms with Gasteiger partial charge in [0.15, 0.2) is 0 Å². The Bertz CT molecular complexity index is 680. The van der Waals surface area contributed by atoms with Gasteiger partial charge in [0, 0.05) is 31.2 Å². The quantitative estimate of drug-likeness (QED) is 0.712. The number of ether oxygens (including phenoxy) is 1. The van der Waals surface area contributed by atoms with Gasteiger partial charge in [-0.3, -0.25) is 9.59 Å². The first kappa shape index (κ1) is 20.1. The summed E-state index contributed by atoms with van der Waals surface area (Å²) in [7, 11) is 1.41. The molecule has 3 rings (SSSR count). The standard InChI is InChI=1S/C20H28ClN3O3/c1-27-19(26)20(12-23)7-15-10-24(11-16(15)8-20)18(25)14(9-22)6-13-2-4-17(21)5-3-13/h2-5,14-16H,6-12,22-23H2,1H3. The topological polar surface area (TPSA) is 98.6 Å². The van der Waals surface area contributed by atoms with Crippen molar-refractivity contribution in [3.8, 4) is 0 Å². The van der Waals surface area contributed by atoms with Crippen molar-refractivity contribution < 1.29 is 14.3 Å². The van der Waals surface area contributed by atoms with Crippen LogP contribution in [0.2, 0.25) is 5.02 Å². The first-order valence-corrected chi connectivity index (χ1v) is 9.82. The Hall–Kier alpha value is -1.63. The third kappa shape index (κ3) is 3.98. The third-order valence-corrected chi connectivity index (χ3v) is 6.48. The fraction of sp³-hybridized carbons (Fsp3) is 0.600. The summed E-state index contributed by atoms with van der Waals surface area (Å²) in [6, 6.07) is 7.52. The SMILES string of the molecule is COC(=O)C1(CN)CC2CN(C(=O)C(CN)Cc3ccc(Cl)cc3)CC2C1. The highest BCUT2D eigenvalue weighted by Crippen LogP contribution is 2.49. The van der Waals surface area contributed by atoms with Crippen molar-refractivity contribution in [3.05, 3.63) is 34.9 Å². The van der Waals surface area contributed by atoms with Gasteiger partial charge in [-0.1, -0.05) is 23.7 Å². The van der Waals surface area contributed by atoms with Crippen molar-refractivity contribution in [2.45, 2.75) is 19.3 Å². The zero-order chi connectivity index (χ0) is 19.6. The Balaban J connectivity index is 1.63. The Morgan fingerprint density at radius 1 is 1.22 bits per heavy atom. The van der Waals surface area contributed by atoms with E-state index in [1.54, 1.807) is 0 Å². The summed E-state index contributed by atoms with van der Waals surface area (Å²) < 4.78 is 4.97. The minimum absolute atomic E-state index is 0.0956. The molecule has 148 valence electrons. The number of nitrogens with zero attached hydrogens (tertiary/aromatic N) is 1. The lowest BCUT2D eigenvalue weighted by Crippen LogP contribution is -2.42. The summed E-state index contributed by atoms with van der Waals surface area (Å²) in [5.41, 5.74) is 12.3. The number of carbonyl (C=O) groups is 2. The largest absolute Gasteiger partial charge is 0.469 e. The number of carbonyl (C=O) groups excluding carboxylic acids is 2. The van der Waals surface area contributed by atoms with Gasteiger partial charge in [-0.15, -0.1) is 0 Å². The molecule has 1 aliphatic heterocycles. The summed E-state index contributed by atoms with van der Waals surface area (Å²) in [6.45, 7) is 1.93. The van der Waals surface area contributed by atoms with Gasteiger partial charge in [0.05, 0.1) is 18.4 Å². The lowest BCUT2D eigenvalue weighted by Gasteiger charge is -2.28. The van der Waals surface area contributed by atoms with Gasteiger partial charge in [-0.2, -0.15) is 0 Å². The molecule has 1 saturated heterocycles. The third-order valence-electron chi connectivity index (χ3n) is 6.23. The molecule has 7 heteroatoms. The second-order valence-electron chi connectivity index (χ2n) is 7.91. The Labute approximate surface area is 165 Å². The van der Waals surface area contributed by atoms with Crippen LogP contribution in [-0.2, 0) is 20.7 Å². The van der Waals surface area contributed by atoms with Crippen LogP contribution in [0.3, 0.4) is 0 Å². The molecule has 3 atom stereocenters. The predicted octanol–water partition coefficient (Wildman–Crippen LogP) is 1.44. The summed E-state index contributed by atoms with van der Waals surface area (Å²) in [5.74, 6) is 0.221. The number of amides is 1. The van der Waals surface area contributed by atoms with E-state index in [0.717, 1.165) is 5.56 Å². The van der Waals surface area contributed by atoms with E-state index in [2.05, 4.69) is 0 Å². The molecule has 2 aliphatic rings. The number of rotatable bonds is 6. The Morgan fingerprint density at radius 3 is 2.30 bits per heavy atom. The fourth-order valence-electron chi connectivity index (χ4n) is 4.74. The molecule has 0 aromatic heterocycles. The van der Waals surface area contributed by atoms with Crippen molar-refractivity contribution >= 4 is 23.5 Å². The summed E-state index contributed by atoms with van der Waals surface area (Å²) in [5, 5.41) is 0.677. The maximum Gasteiger partial charge on any atom is 0.313 e. The van der Waals surface area contributed by atoms with Crippen LogP contribution in [0, 0.1) is 23.2 Å². The van der Waals surface area contributed by atoms with Crippen LogP contribution < -0.4 is 11.5 Å². The molecule has 1 aliphatic carbocycles. The fourth-order valence-corrected chi connectivity index (χ4v) is 4.86. The maximum absolute atomic E-state index is 13.0. The van der Waals surface area contributed by atoms with Gasteiger partial charge in [0.2, 0.25) is 5.91 Å². The number of esters is 1. The van der Waals surface area contributed by atoms with Crippen LogP contribution in [0.4, 0.5) is 0 Å². The molecule has 0 spiro atoms. The molecule has 3 unspecified atom stereocenters. The summed E-state index contributed by atoms with van der Waals surface area (Å²) in [4.78, 5) is 27.1. The molecule has 0 bridgehead atoms. The second kappa shape index (κ2) is 8.17. The molecular formula is C20H28ClN3O3. The summed E-state index contributed by atoms with van der Waals surface area (Å²) >= 11 is 5.93. The summed E-state index contributed by atoms with van der Waals surface area (Å²) in [6.07, 6.45) is 1.98. The minimum atomic E-state index is -0.588. The molecule has 6 nitrogen and oxygen atoms in total. The zero-order valence-corrected chi connectivity index (χ0v) is 16.5. The van der Waals surface area contributed by atoms with Gasteiger partial charge >= 0.3 is 5.97 Å². The van der Waals surface area contributed by atoms with Gasteiger partial charge in [-0.05, 0) is 48.8 Å². The van der Waals surface area contributed by atoms with E-state index in [0.29, 0.717) is 62.3 Å². The molecule has 2 fully saturated rings. The van der Waals surface area contributed by atoms with E-state index >= 15 is 0 Å². The normalized spacial score (nSPS) is 28.1. The molecule has 27 heavy (non-hydrogen) atoms. The van der Waals surface area contributed by atoms with Crippen molar-refractivity contribution in [1.29, 1.82) is 0 Å². The number of likely N-dealkylation sites (tertiary alicyclic amines) is 1. The lowest BCUT2D eigenvalue weighted by atomic mass is 9.84. The van der Waals surface area contributed by atoms with Crippen molar-refractivity contribution in [3.63, 3.8) is 0 Å². The van der Waals surface area contributed by atoms with Crippen LogP contribution in [0.15, 0.2) is 24.3 Å². The molecule has 4 N–H and O–H groups in total. The molecule has 1 amide bonds. The van der Waals surface area contributed by atoms with Crippen LogP contribution >= 0.6 is 11.6 Å². The number of fused-ring (bicyclic) bond motifs is 1. The Kier molecular flexibility index (Phi) is 6.08. The molecule has 1 aromatic carbocycles. The highest BCUT2D eigenvalue weighted by molar-refractivity contribution is 6.30. The molecule has 0 radical (unpaired) electrons. The average Bonchev–Trinajstić information content (AvgIpc) is 3.23. The molecule has 1 saturated carbocycles. The monoisotopic (exact) mass is 393 g/mol. The highest BCUT2D eigenvalue weighted by Gasteiger charge is 2.53. The van der Waals surface area contributed by atoms with Gasteiger partial charge < -0.3 is 21.1 Å². The van der Waals surface area contributed by atoms with Crippen molar-refractivity contribution in [1.82, 2.24) is 4.90 Å². The van der Waals surface area contributed by atoms with E-state index in [1.807, 2.05) is 29.2 Å². The Morgan fingerprint density at radius 2 is 1.81 bits per heavy atom. The second-order valence-corrected chi connectivity index (χ2v) is 8.35. The van der Waals surface area contributed by atoms with Gasteiger partial charge in [0.1, 0.15) is 0 Å². The number of hydrogen-bond donors (Lipinski definition) is 2. The predicted molar refractivity (Wildman–Crippen MR) is 104 cm³/mol. The highest BCUT2D eigenvalue weighted by atomic mass is 35.5. The van der Waals surface area contributed by atoms with E-state index in [4.69, 9.17) is 27.8 Å². The van der Waals surface area contributed by atoms with Gasteiger partial charge in [-0.25, -0.2) is 0 Å². The van der Waals surface area contributed by atoms with Crippen molar-refractivity contribution in [2.75, 3.05) is 33.3 Å². The van der Waals surface area contributed by atoms with E-state index in [1.165, 1.54) is 7.11 Å². The van der Waals surface area contributed by atoms with Crippen LogP contribution in [0.25, 0.3) is 0 Å². The van der Waals surface area contributed by atoms with Crippen LogP contribution in [0.5, 0.6) is 0 Å². The molecule has 1 aromatic rings. The van der Waals surface area contributed by atoms with E-state index in [-0.39, 0.29) is 17.8 Å². The first-order chi connectivity index (χ1) is 12.9.